The van der Waals surface area contributed by atoms with Crippen molar-refractivity contribution in [1.82, 2.24) is 0 Å². The largest absolute Gasteiger partial charge is 0.494 e. The Labute approximate surface area is 106 Å². The number of allylic oxidation sites excluding steroid dienone is 1. The van der Waals surface area contributed by atoms with Gasteiger partial charge in [-0.3, -0.25) is 0 Å². The molecule has 0 spiro atoms. The summed E-state index contributed by atoms with van der Waals surface area (Å²) in [6, 6.07) is 10.0. The second kappa shape index (κ2) is 9.95. The lowest BCUT2D eigenvalue weighted by molar-refractivity contribution is 0.304. The normalized spacial score (nSPS) is 10.1. The highest BCUT2D eigenvalue weighted by Crippen LogP contribution is 2.11. The van der Waals surface area contributed by atoms with Crippen LogP contribution in [0.4, 0.5) is 0 Å². The van der Waals surface area contributed by atoms with Gasteiger partial charge in [0, 0.05) is 0 Å². The summed E-state index contributed by atoms with van der Waals surface area (Å²) >= 11 is 0. The fraction of sp³-hybridized carbons (Fsp3) is 0.500. The molecule has 0 amide bonds. The number of rotatable bonds is 10. The molecule has 0 aromatic heterocycles. The van der Waals surface area contributed by atoms with E-state index < -0.39 is 0 Å². The third-order valence-corrected chi connectivity index (χ3v) is 2.81. The molecule has 17 heavy (non-hydrogen) atoms. The van der Waals surface area contributed by atoms with Gasteiger partial charge in [-0.1, -0.05) is 50.0 Å². The molecule has 1 aromatic carbocycles. The molecule has 1 rings (SSSR count). The van der Waals surface area contributed by atoms with Crippen LogP contribution in [0.2, 0.25) is 0 Å². The van der Waals surface area contributed by atoms with Gasteiger partial charge in [-0.05, 0) is 31.4 Å². The van der Waals surface area contributed by atoms with E-state index in [4.69, 9.17) is 4.74 Å². The summed E-state index contributed by atoms with van der Waals surface area (Å²) in [5.41, 5.74) is 0. The van der Waals surface area contributed by atoms with Crippen LogP contribution in [0.3, 0.4) is 0 Å². The Morgan fingerprint density at radius 2 is 1.53 bits per heavy atom. The van der Waals surface area contributed by atoms with Crippen LogP contribution in [0.15, 0.2) is 43.0 Å². The predicted molar refractivity (Wildman–Crippen MR) is 74.5 cm³/mol. The number of ether oxygens (including phenoxy) is 1. The van der Waals surface area contributed by atoms with Crippen molar-refractivity contribution in [2.45, 2.75) is 44.9 Å². The summed E-state index contributed by atoms with van der Waals surface area (Å²) in [6.45, 7) is 4.58. The monoisotopic (exact) mass is 232 g/mol. The van der Waals surface area contributed by atoms with Gasteiger partial charge in [0.2, 0.25) is 0 Å². The first kappa shape index (κ1) is 13.8. The first-order valence-electron chi connectivity index (χ1n) is 6.72. The number of para-hydroxylation sites is 1. The Bertz CT molecular complexity index is 279. The van der Waals surface area contributed by atoms with Gasteiger partial charge in [0.05, 0.1) is 6.61 Å². The summed E-state index contributed by atoms with van der Waals surface area (Å²) < 4.78 is 5.64. The number of hydrogen-bond donors (Lipinski definition) is 0. The van der Waals surface area contributed by atoms with E-state index in [1.165, 1.54) is 32.1 Å². The molecule has 0 radical (unpaired) electrons. The lowest BCUT2D eigenvalue weighted by atomic mass is 10.1. The van der Waals surface area contributed by atoms with Gasteiger partial charge in [-0.2, -0.15) is 0 Å². The smallest absolute Gasteiger partial charge is 0.119 e. The highest BCUT2D eigenvalue weighted by atomic mass is 16.5. The van der Waals surface area contributed by atoms with Crippen molar-refractivity contribution in [2.24, 2.45) is 0 Å². The molecule has 0 atom stereocenters. The summed E-state index contributed by atoms with van der Waals surface area (Å²) in [4.78, 5) is 0. The second-order valence-electron chi connectivity index (χ2n) is 4.36. The highest BCUT2D eigenvalue weighted by molar-refractivity contribution is 5.20. The molecule has 0 aliphatic carbocycles. The SMILES string of the molecule is C=CCCCCCCCCOc1ccccc1. The molecule has 1 nitrogen and oxygen atoms in total. The number of hydrogen-bond acceptors (Lipinski definition) is 1. The van der Waals surface area contributed by atoms with Crippen molar-refractivity contribution in [3.05, 3.63) is 43.0 Å². The molecule has 0 aliphatic rings. The standard InChI is InChI=1S/C16H24O/c1-2-3-4-5-6-7-8-12-15-17-16-13-10-9-11-14-16/h2,9-11,13-14H,1,3-8,12,15H2. The topological polar surface area (TPSA) is 9.23 Å². The highest BCUT2D eigenvalue weighted by Gasteiger charge is 1.93. The molecular weight excluding hydrogens is 208 g/mol. The third kappa shape index (κ3) is 7.62. The summed E-state index contributed by atoms with van der Waals surface area (Å²) in [5.74, 6) is 0.985. The molecule has 0 N–H and O–H groups in total. The molecule has 94 valence electrons. The van der Waals surface area contributed by atoms with Gasteiger partial charge in [-0.15, -0.1) is 6.58 Å². The molecule has 0 unspecified atom stereocenters. The maximum Gasteiger partial charge on any atom is 0.119 e. The van der Waals surface area contributed by atoms with Crippen molar-refractivity contribution in [2.75, 3.05) is 6.61 Å². The molecule has 0 heterocycles. The van der Waals surface area contributed by atoms with Gasteiger partial charge in [0.15, 0.2) is 0 Å². The first-order valence-corrected chi connectivity index (χ1v) is 6.72. The molecule has 1 aromatic rings. The minimum atomic E-state index is 0.844. The molecule has 0 saturated carbocycles. The van der Waals surface area contributed by atoms with Crippen LogP contribution in [0.1, 0.15) is 44.9 Å². The van der Waals surface area contributed by atoms with E-state index in [0.29, 0.717) is 0 Å². The van der Waals surface area contributed by atoms with E-state index in [1.54, 1.807) is 0 Å². The van der Waals surface area contributed by atoms with Crippen molar-refractivity contribution < 1.29 is 4.74 Å². The van der Waals surface area contributed by atoms with Gasteiger partial charge in [0.1, 0.15) is 5.75 Å². The summed E-state index contributed by atoms with van der Waals surface area (Å²) in [7, 11) is 0. The Kier molecular flexibility index (Phi) is 8.09. The lowest BCUT2D eigenvalue weighted by Crippen LogP contribution is -1.96. The zero-order chi connectivity index (χ0) is 12.2. The van der Waals surface area contributed by atoms with E-state index in [-0.39, 0.29) is 0 Å². The van der Waals surface area contributed by atoms with Crippen molar-refractivity contribution in [3.8, 4) is 5.75 Å². The summed E-state index contributed by atoms with van der Waals surface area (Å²) in [6.07, 6.45) is 10.9. The lowest BCUT2D eigenvalue weighted by Gasteiger charge is -2.05. The van der Waals surface area contributed by atoms with Crippen molar-refractivity contribution in [1.29, 1.82) is 0 Å². The molecular formula is C16H24O. The summed E-state index contributed by atoms with van der Waals surface area (Å²) in [5, 5.41) is 0. The van der Waals surface area contributed by atoms with Crippen molar-refractivity contribution in [3.63, 3.8) is 0 Å². The van der Waals surface area contributed by atoms with Crippen molar-refractivity contribution >= 4 is 0 Å². The zero-order valence-corrected chi connectivity index (χ0v) is 10.7. The fourth-order valence-corrected chi connectivity index (χ4v) is 1.80. The molecule has 0 saturated heterocycles. The van der Waals surface area contributed by atoms with Crippen LogP contribution in [-0.2, 0) is 0 Å². The quantitative estimate of drug-likeness (QED) is 0.408. The molecule has 0 fully saturated rings. The number of benzene rings is 1. The third-order valence-electron chi connectivity index (χ3n) is 2.81. The van der Waals surface area contributed by atoms with E-state index in [9.17, 15) is 0 Å². The minimum absolute atomic E-state index is 0.844. The van der Waals surface area contributed by atoms with E-state index in [0.717, 1.165) is 25.2 Å². The predicted octanol–water partition coefficient (Wildman–Crippen LogP) is 4.98. The van der Waals surface area contributed by atoms with E-state index in [2.05, 4.69) is 6.58 Å². The molecule has 0 aliphatic heterocycles. The Morgan fingerprint density at radius 1 is 0.882 bits per heavy atom. The van der Waals surface area contributed by atoms with Gasteiger partial charge >= 0.3 is 0 Å². The van der Waals surface area contributed by atoms with Gasteiger partial charge in [-0.25, -0.2) is 0 Å². The average Bonchev–Trinajstić information content (AvgIpc) is 2.38. The van der Waals surface area contributed by atoms with E-state index in [1.807, 2.05) is 36.4 Å². The molecule has 0 bridgehead atoms. The Morgan fingerprint density at radius 3 is 2.24 bits per heavy atom. The average molecular weight is 232 g/mol. The van der Waals surface area contributed by atoms with Crippen LogP contribution in [0.5, 0.6) is 5.75 Å². The van der Waals surface area contributed by atoms with Crippen LogP contribution >= 0.6 is 0 Å². The fourth-order valence-electron chi connectivity index (χ4n) is 1.80. The van der Waals surface area contributed by atoms with Crippen LogP contribution in [0.25, 0.3) is 0 Å². The van der Waals surface area contributed by atoms with Crippen LogP contribution < -0.4 is 4.74 Å². The molecule has 1 heteroatoms. The van der Waals surface area contributed by atoms with Crippen LogP contribution in [-0.4, -0.2) is 6.61 Å². The Hall–Kier alpha value is -1.24. The maximum absolute atomic E-state index is 5.64. The van der Waals surface area contributed by atoms with Gasteiger partial charge < -0.3 is 4.74 Å². The van der Waals surface area contributed by atoms with Gasteiger partial charge in [0.25, 0.3) is 0 Å². The Balaban J connectivity index is 1.86. The minimum Gasteiger partial charge on any atom is -0.494 e. The first-order chi connectivity index (χ1) is 8.43. The number of unbranched alkanes of at least 4 members (excludes halogenated alkanes) is 6. The maximum atomic E-state index is 5.64. The van der Waals surface area contributed by atoms with Crippen LogP contribution in [0, 0.1) is 0 Å². The zero-order valence-electron chi connectivity index (χ0n) is 10.7. The van der Waals surface area contributed by atoms with E-state index >= 15 is 0 Å². The second-order valence-corrected chi connectivity index (χ2v) is 4.36.